The molecule has 5 nitrogen and oxygen atoms in total. The molecule has 0 heterocycles. The maximum Gasteiger partial charge on any atom is 0.246 e. The van der Waals surface area contributed by atoms with Gasteiger partial charge < -0.3 is 16.4 Å². The molecule has 0 bridgehead atoms. The lowest BCUT2D eigenvalue weighted by Gasteiger charge is -2.06. The number of nitrogens with two attached hydrogens (primary N) is 1. The highest BCUT2D eigenvalue weighted by Crippen LogP contribution is 2.09. The van der Waals surface area contributed by atoms with Crippen LogP contribution in [0.3, 0.4) is 0 Å². The van der Waals surface area contributed by atoms with Crippen molar-refractivity contribution < 1.29 is 9.18 Å². The summed E-state index contributed by atoms with van der Waals surface area (Å²) >= 11 is 0. The first-order valence-electron chi connectivity index (χ1n) is 6.72. The summed E-state index contributed by atoms with van der Waals surface area (Å²) in [5.41, 5.74) is 8.16. The van der Waals surface area contributed by atoms with Crippen molar-refractivity contribution in [3.63, 3.8) is 0 Å². The van der Waals surface area contributed by atoms with Crippen LogP contribution in [0.4, 0.5) is 15.8 Å². The van der Waals surface area contributed by atoms with Crippen molar-refractivity contribution in [3.8, 4) is 0 Å². The maximum atomic E-state index is 12.8. The minimum absolute atomic E-state index is 0. The highest BCUT2D eigenvalue weighted by molar-refractivity contribution is 14.0. The third kappa shape index (κ3) is 6.64. The Balaban J connectivity index is 0.00000264. The Bertz CT molecular complexity index is 671. The molecule has 2 aromatic carbocycles. The van der Waals surface area contributed by atoms with E-state index >= 15 is 0 Å². The Morgan fingerprint density at radius 2 is 1.57 bits per heavy atom. The summed E-state index contributed by atoms with van der Waals surface area (Å²) in [5.74, 6) is -0.541. The van der Waals surface area contributed by atoms with Crippen LogP contribution < -0.4 is 16.4 Å². The monoisotopic (exact) mass is 428 g/mol. The predicted octanol–water partition coefficient (Wildman–Crippen LogP) is 3.12. The van der Waals surface area contributed by atoms with Crippen molar-refractivity contribution in [3.05, 3.63) is 59.9 Å². The number of guanidine groups is 1. The molecule has 0 radical (unpaired) electrons. The van der Waals surface area contributed by atoms with Crippen LogP contribution in [0.15, 0.2) is 53.5 Å². The summed E-state index contributed by atoms with van der Waals surface area (Å²) < 4.78 is 12.8. The second-order valence-corrected chi connectivity index (χ2v) is 4.75. The highest BCUT2D eigenvalue weighted by atomic mass is 127. The molecule has 0 unspecified atom stereocenters. The summed E-state index contributed by atoms with van der Waals surface area (Å²) in [4.78, 5) is 15.7. The molecule has 2 aromatic rings. The molecule has 0 aliphatic rings. The largest absolute Gasteiger partial charge is 0.370 e. The minimum atomic E-state index is -0.359. The number of hydrogen-bond donors (Lipinski definition) is 3. The molecule has 122 valence electrons. The molecule has 23 heavy (non-hydrogen) atoms. The van der Waals surface area contributed by atoms with Crippen LogP contribution in [0.25, 0.3) is 0 Å². The highest BCUT2D eigenvalue weighted by Gasteiger charge is 2.02. The molecule has 0 aliphatic heterocycles. The zero-order valence-corrected chi connectivity index (χ0v) is 14.9. The van der Waals surface area contributed by atoms with E-state index in [2.05, 4.69) is 15.6 Å². The van der Waals surface area contributed by atoms with Crippen molar-refractivity contribution in [1.29, 1.82) is 0 Å². The zero-order chi connectivity index (χ0) is 15.9. The van der Waals surface area contributed by atoms with Crippen molar-refractivity contribution >= 4 is 47.2 Å². The molecule has 0 aromatic heterocycles. The summed E-state index contributed by atoms with van der Waals surface area (Å²) in [6.07, 6.45) is 0. The lowest BCUT2D eigenvalue weighted by molar-refractivity contribution is -0.114. The average Bonchev–Trinajstić information content (AvgIpc) is 2.50. The van der Waals surface area contributed by atoms with Crippen LogP contribution in [0.2, 0.25) is 0 Å². The number of nitrogens with zero attached hydrogens (tertiary/aromatic N) is 1. The molecular formula is C16H18FIN4O. The molecule has 0 aliphatic carbocycles. The Labute approximate surface area is 151 Å². The third-order valence-corrected chi connectivity index (χ3v) is 2.84. The van der Waals surface area contributed by atoms with Gasteiger partial charge in [-0.2, -0.15) is 0 Å². The van der Waals surface area contributed by atoms with E-state index in [0.29, 0.717) is 5.69 Å². The van der Waals surface area contributed by atoms with Gasteiger partial charge in [-0.15, -0.1) is 24.0 Å². The molecule has 0 atom stereocenters. The molecule has 0 spiro atoms. The Hall–Kier alpha value is -2.16. The number of carbonyl (C=O) groups is 1. The molecule has 1 amide bonds. The van der Waals surface area contributed by atoms with Gasteiger partial charge in [0.2, 0.25) is 5.91 Å². The van der Waals surface area contributed by atoms with E-state index < -0.39 is 0 Å². The Kier molecular flexibility index (Phi) is 7.46. The van der Waals surface area contributed by atoms with E-state index in [0.717, 1.165) is 11.3 Å². The number of hydrogen-bond acceptors (Lipinski definition) is 2. The standard InChI is InChI=1S/C16H17FN4O.HI/c1-11-2-6-14(7-3-11)21-16(18)19-10-15(22)20-13-8-4-12(17)5-9-13;/h2-9H,10H2,1H3,(H,20,22)(H3,18,19,21);1H. The maximum absolute atomic E-state index is 12.8. The molecule has 0 saturated heterocycles. The smallest absolute Gasteiger partial charge is 0.246 e. The number of anilines is 2. The van der Waals surface area contributed by atoms with Crippen molar-refractivity contribution in [2.75, 3.05) is 17.2 Å². The first-order chi connectivity index (χ1) is 10.5. The fourth-order valence-electron chi connectivity index (χ4n) is 1.72. The molecular weight excluding hydrogens is 410 g/mol. The summed E-state index contributed by atoms with van der Waals surface area (Å²) in [7, 11) is 0. The second-order valence-electron chi connectivity index (χ2n) is 4.75. The number of aliphatic imine (C=N–C) groups is 1. The zero-order valence-electron chi connectivity index (χ0n) is 12.5. The van der Waals surface area contributed by atoms with Crippen molar-refractivity contribution in [2.45, 2.75) is 6.92 Å². The van der Waals surface area contributed by atoms with Gasteiger partial charge in [-0.3, -0.25) is 4.79 Å². The quantitative estimate of drug-likeness (QED) is 0.398. The molecule has 0 saturated carbocycles. The summed E-state index contributed by atoms with van der Waals surface area (Å²) in [6.45, 7) is 1.86. The van der Waals surface area contributed by atoms with Gasteiger partial charge in [0.25, 0.3) is 0 Å². The van der Waals surface area contributed by atoms with Gasteiger partial charge in [-0.25, -0.2) is 9.38 Å². The number of benzene rings is 2. The van der Waals surface area contributed by atoms with Crippen LogP contribution >= 0.6 is 24.0 Å². The first-order valence-corrected chi connectivity index (χ1v) is 6.72. The third-order valence-electron chi connectivity index (χ3n) is 2.84. The van der Waals surface area contributed by atoms with Gasteiger partial charge >= 0.3 is 0 Å². The number of halogens is 2. The Morgan fingerprint density at radius 3 is 2.17 bits per heavy atom. The molecule has 2 rings (SSSR count). The van der Waals surface area contributed by atoms with Gasteiger partial charge in [0.15, 0.2) is 5.96 Å². The van der Waals surface area contributed by atoms with Crippen LogP contribution in [-0.2, 0) is 4.79 Å². The number of rotatable bonds is 4. The van der Waals surface area contributed by atoms with Crippen LogP contribution in [0.1, 0.15) is 5.56 Å². The topological polar surface area (TPSA) is 79.5 Å². The van der Waals surface area contributed by atoms with Gasteiger partial charge in [0.1, 0.15) is 12.4 Å². The van der Waals surface area contributed by atoms with Crippen LogP contribution in [0.5, 0.6) is 0 Å². The minimum Gasteiger partial charge on any atom is -0.370 e. The fraction of sp³-hybridized carbons (Fsp3) is 0.125. The van der Waals surface area contributed by atoms with Crippen LogP contribution in [0, 0.1) is 12.7 Å². The summed E-state index contributed by atoms with van der Waals surface area (Å²) in [5, 5.41) is 5.49. The van der Waals surface area contributed by atoms with E-state index in [1.54, 1.807) is 0 Å². The Morgan fingerprint density at radius 1 is 1.04 bits per heavy atom. The number of carbonyl (C=O) groups excluding carboxylic acids is 1. The fourth-order valence-corrected chi connectivity index (χ4v) is 1.72. The van der Waals surface area contributed by atoms with E-state index in [1.165, 1.54) is 24.3 Å². The average molecular weight is 428 g/mol. The van der Waals surface area contributed by atoms with Gasteiger partial charge in [0, 0.05) is 11.4 Å². The molecule has 7 heteroatoms. The van der Waals surface area contributed by atoms with Crippen LogP contribution in [-0.4, -0.2) is 18.4 Å². The SMILES string of the molecule is Cc1ccc(NC(N)=NCC(=O)Nc2ccc(F)cc2)cc1.I. The van der Waals surface area contributed by atoms with E-state index in [9.17, 15) is 9.18 Å². The molecule has 0 fully saturated rings. The van der Waals surface area contributed by atoms with Gasteiger partial charge in [-0.1, -0.05) is 17.7 Å². The molecule has 4 N–H and O–H groups in total. The predicted molar refractivity (Wildman–Crippen MR) is 102 cm³/mol. The number of aryl methyl sites for hydroxylation is 1. The number of amides is 1. The van der Waals surface area contributed by atoms with Crippen molar-refractivity contribution in [2.24, 2.45) is 10.7 Å². The van der Waals surface area contributed by atoms with Crippen molar-refractivity contribution in [1.82, 2.24) is 0 Å². The van der Waals surface area contributed by atoms with E-state index in [4.69, 9.17) is 5.73 Å². The lowest BCUT2D eigenvalue weighted by atomic mass is 10.2. The van der Waals surface area contributed by atoms with E-state index in [1.807, 2.05) is 31.2 Å². The lowest BCUT2D eigenvalue weighted by Crippen LogP contribution is -2.25. The normalized spacial score (nSPS) is 10.6. The second kappa shape index (κ2) is 9.09. The first kappa shape index (κ1) is 18.9. The van der Waals surface area contributed by atoms with E-state index in [-0.39, 0.29) is 48.2 Å². The summed E-state index contributed by atoms with van der Waals surface area (Å²) in [6, 6.07) is 13.1. The van der Waals surface area contributed by atoms with Gasteiger partial charge in [-0.05, 0) is 43.3 Å². The van der Waals surface area contributed by atoms with Gasteiger partial charge in [0.05, 0.1) is 0 Å². The number of nitrogens with one attached hydrogen (secondary N) is 2.